The molecule has 0 saturated carbocycles. The van der Waals surface area contributed by atoms with Crippen LogP contribution in [-0.4, -0.2) is 19.6 Å². The highest BCUT2D eigenvalue weighted by Crippen LogP contribution is 2.32. The molecule has 1 aliphatic rings. The van der Waals surface area contributed by atoms with Crippen LogP contribution in [0.2, 0.25) is 0 Å². The first-order chi connectivity index (χ1) is 10.6. The number of carbonyl (C=O) groups excluding carboxylic acids is 1. The Kier molecular flexibility index (Phi) is 3.66. The van der Waals surface area contributed by atoms with Gasteiger partial charge in [-0.3, -0.25) is 4.79 Å². The van der Waals surface area contributed by atoms with Crippen LogP contribution in [0.3, 0.4) is 0 Å². The molecule has 0 radical (unpaired) electrons. The molecule has 0 aliphatic carbocycles. The van der Waals surface area contributed by atoms with Crippen molar-refractivity contribution in [1.82, 2.24) is 5.32 Å². The first-order valence-electron chi connectivity index (χ1n) is 6.74. The number of hydrogen-bond acceptors (Lipinski definition) is 3. The number of alkyl halides is 2. The van der Waals surface area contributed by atoms with Crippen molar-refractivity contribution in [1.29, 1.82) is 0 Å². The predicted octanol–water partition coefficient (Wildman–Crippen LogP) is 3.17. The van der Waals surface area contributed by atoms with Crippen molar-refractivity contribution in [3.63, 3.8) is 0 Å². The van der Waals surface area contributed by atoms with Crippen LogP contribution in [0.5, 0.6) is 5.75 Å². The van der Waals surface area contributed by atoms with Gasteiger partial charge in [0, 0.05) is 7.05 Å². The van der Waals surface area contributed by atoms with Crippen molar-refractivity contribution in [2.24, 2.45) is 0 Å². The van der Waals surface area contributed by atoms with Crippen molar-refractivity contribution in [2.75, 3.05) is 11.9 Å². The molecule has 1 unspecified atom stereocenters. The van der Waals surface area contributed by atoms with E-state index in [0.29, 0.717) is 5.56 Å². The molecule has 0 aromatic heterocycles. The van der Waals surface area contributed by atoms with E-state index in [2.05, 4.69) is 10.1 Å². The fraction of sp³-hybridized carbons (Fsp3) is 0.188. The number of amides is 1. The van der Waals surface area contributed by atoms with Gasteiger partial charge in [0.15, 0.2) is 0 Å². The molecule has 2 aromatic rings. The van der Waals surface area contributed by atoms with Gasteiger partial charge >= 0.3 is 6.61 Å². The van der Waals surface area contributed by atoms with Gasteiger partial charge in [0.05, 0.1) is 11.3 Å². The second kappa shape index (κ2) is 5.63. The van der Waals surface area contributed by atoms with E-state index in [-0.39, 0.29) is 17.8 Å². The molecule has 22 heavy (non-hydrogen) atoms. The maximum Gasteiger partial charge on any atom is 0.387 e. The van der Waals surface area contributed by atoms with Crippen LogP contribution in [0, 0.1) is 0 Å². The third-order valence-corrected chi connectivity index (χ3v) is 3.60. The zero-order valence-electron chi connectivity index (χ0n) is 11.8. The molecule has 4 nitrogen and oxygen atoms in total. The molecule has 1 amide bonds. The van der Waals surface area contributed by atoms with E-state index in [4.69, 9.17) is 0 Å². The zero-order valence-corrected chi connectivity index (χ0v) is 11.8. The second-order valence-corrected chi connectivity index (χ2v) is 4.95. The van der Waals surface area contributed by atoms with E-state index < -0.39 is 6.61 Å². The Morgan fingerprint density at radius 2 is 1.82 bits per heavy atom. The number of hydrogen-bond donors (Lipinski definition) is 1. The summed E-state index contributed by atoms with van der Waals surface area (Å²) in [4.78, 5) is 14.1. The lowest BCUT2D eigenvalue weighted by atomic mass is 10.0. The van der Waals surface area contributed by atoms with Crippen molar-refractivity contribution >= 4 is 11.6 Å². The normalized spacial score (nSPS) is 17.2. The minimum atomic E-state index is -2.85. The fourth-order valence-corrected chi connectivity index (χ4v) is 2.55. The van der Waals surface area contributed by atoms with Gasteiger partial charge in [-0.25, -0.2) is 0 Å². The average molecular weight is 304 g/mol. The molecular formula is C16H14F2N2O2. The van der Waals surface area contributed by atoms with Gasteiger partial charge in [-0.15, -0.1) is 0 Å². The van der Waals surface area contributed by atoms with Crippen LogP contribution in [0.25, 0.3) is 0 Å². The van der Waals surface area contributed by atoms with Crippen molar-refractivity contribution < 1.29 is 18.3 Å². The van der Waals surface area contributed by atoms with Crippen molar-refractivity contribution in [3.8, 4) is 5.75 Å². The molecular weight excluding hydrogens is 290 g/mol. The number of benzene rings is 2. The SMILES string of the molecule is CN1c2ccccc2C(=O)NC1c1ccc(OC(F)F)cc1. The average Bonchev–Trinajstić information content (AvgIpc) is 2.51. The Hall–Kier alpha value is -2.63. The molecule has 0 bridgehead atoms. The van der Waals surface area contributed by atoms with Gasteiger partial charge in [0.2, 0.25) is 0 Å². The Morgan fingerprint density at radius 3 is 2.50 bits per heavy atom. The van der Waals surface area contributed by atoms with E-state index in [1.54, 1.807) is 18.2 Å². The molecule has 6 heteroatoms. The fourth-order valence-electron chi connectivity index (χ4n) is 2.55. The van der Waals surface area contributed by atoms with Crippen molar-refractivity contribution in [2.45, 2.75) is 12.8 Å². The quantitative estimate of drug-likeness (QED) is 0.947. The van der Waals surface area contributed by atoms with Gasteiger partial charge in [-0.1, -0.05) is 24.3 Å². The second-order valence-electron chi connectivity index (χ2n) is 4.95. The summed E-state index contributed by atoms with van der Waals surface area (Å²) in [6.07, 6.45) is -0.358. The monoisotopic (exact) mass is 304 g/mol. The molecule has 0 spiro atoms. The summed E-state index contributed by atoms with van der Waals surface area (Å²) in [6, 6.07) is 13.5. The van der Waals surface area contributed by atoms with Crippen LogP contribution >= 0.6 is 0 Å². The maximum atomic E-state index is 12.2. The number of nitrogens with one attached hydrogen (secondary N) is 1. The van der Waals surface area contributed by atoms with Crippen LogP contribution in [0.1, 0.15) is 22.1 Å². The number of halogens is 2. The smallest absolute Gasteiger partial charge is 0.387 e. The van der Waals surface area contributed by atoms with Gasteiger partial charge in [0.25, 0.3) is 5.91 Å². The highest BCUT2D eigenvalue weighted by atomic mass is 19.3. The summed E-state index contributed by atoms with van der Waals surface area (Å²) in [5.74, 6) is -0.0736. The number of para-hydroxylation sites is 1. The van der Waals surface area contributed by atoms with Gasteiger partial charge in [-0.05, 0) is 29.8 Å². The molecule has 114 valence electrons. The van der Waals surface area contributed by atoms with Crippen molar-refractivity contribution in [3.05, 3.63) is 59.7 Å². The van der Waals surface area contributed by atoms with E-state index in [0.717, 1.165) is 11.3 Å². The Morgan fingerprint density at radius 1 is 1.14 bits per heavy atom. The minimum absolute atomic E-state index is 0.0870. The van der Waals surface area contributed by atoms with E-state index in [1.807, 2.05) is 30.1 Å². The minimum Gasteiger partial charge on any atom is -0.435 e. The molecule has 3 rings (SSSR count). The van der Waals surface area contributed by atoms with Crippen LogP contribution in [0.15, 0.2) is 48.5 Å². The van der Waals surface area contributed by atoms with Crippen LogP contribution in [-0.2, 0) is 0 Å². The molecule has 1 atom stereocenters. The summed E-state index contributed by atoms with van der Waals surface area (Å²) in [6.45, 7) is -2.85. The Balaban J connectivity index is 1.88. The molecule has 2 aromatic carbocycles. The lowest BCUT2D eigenvalue weighted by Crippen LogP contribution is -2.44. The number of anilines is 1. The Bertz CT molecular complexity index is 689. The molecule has 1 aliphatic heterocycles. The molecule has 0 fully saturated rings. The standard InChI is InChI=1S/C16H14F2N2O2/c1-20-13-5-3-2-4-12(13)15(21)19-14(20)10-6-8-11(9-7-10)22-16(17)18/h2-9,14,16H,1H3,(H,19,21). The lowest BCUT2D eigenvalue weighted by molar-refractivity contribution is -0.0498. The number of ether oxygens (including phenoxy) is 1. The first-order valence-corrected chi connectivity index (χ1v) is 6.74. The summed E-state index contributed by atoms with van der Waals surface area (Å²) in [7, 11) is 1.87. The number of rotatable bonds is 3. The predicted molar refractivity (Wildman–Crippen MR) is 78.1 cm³/mol. The first kappa shape index (κ1) is 14.3. The third-order valence-electron chi connectivity index (χ3n) is 3.60. The number of fused-ring (bicyclic) bond motifs is 1. The van der Waals surface area contributed by atoms with Crippen LogP contribution in [0.4, 0.5) is 14.5 Å². The summed E-state index contributed by atoms with van der Waals surface area (Å²) in [5, 5.41) is 2.90. The molecule has 1 N–H and O–H groups in total. The summed E-state index contributed by atoms with van der Waals surface area (Å²) >= 11 is 0. The zero-order chi connectivity index (χ0) is 15.7. The third kappa shape index (κ3) is 2.59. The maximum absolute atomic E-state index is 12.2. The van der Waals surface area contributed by atoms with Gasteiger partial charge < -0.3 is 15.0 Å². The van der Waals surface area contributed by atoms with Gasteiger partial charge in [0.1, 0.15) is 11.9 Å². The Labute approximate surface area is 126 Å². The highest BCUT2D eigenvalue weighted by molar-refractivity contribution is 6.01. The van der Waals surface area contributed by atoms with E-state index in [1.165, 1.54) is 12.1 Å². The topological polar surface area (TPSA) is 41.6 Å². The highest BCUT2D eigenvalue weighted by Gasteiger charge is 2.28. The number of carbonyl (C=O) groups is 1. The van der Waals surface area contributed by atoms with Gasteiger partial charge in [-0.2, -0.15) is 8.78 Å². The van der Waals surface area contributed by atoms with E-state index >= 15 is 0 Å². The van der Waals surface area contributed by atoms with E-state index in [9.17, 15) is 13.6 Å². The summed E-state index contributed by atoms with van der Waals surface area (Å²) < 4.78 is 28.7. The molecule has 1 heterocycles. The molecule has 0 saturated heterocycles. The number of nitrogens with zero attached hydrogens (tertiary/aromatic N) is 1. The summed E-state index contributed by atoms with van der Waals surface area (Å²) in [5.41, 5.74) is 2.22. The van der Waals surface area contributed by atoms with Crippen LogP contribution < -0.4 is 15.0 Å². The largest absolute Gasteiger partial charge is 0.435 e. The lowest BCUT2D eigenvalue weighted by Gasteiger charge is -2.36.